The Morgan fingerprint density at radius 2 is 2.00 bits per heavy atom. The van der Waals surface area contributed by atoms with E-state index in [1.165, 1.54) is 0 Å². The average molecular weight is 114 g/mol. The summed E-state index contributed by atoms with van der Waals surface area (Å²) in [6.07, 6.45) is 3.55. The molecule has 0 saturated heterocycles. The molecule has 0 aliphatic carbocycles. The Morgan fingerprint density at radius 1 is 1.50 bits per heavy atom. The van der Waals surface area contributed by atoms with Crippen LogP contribution < -0.4 is 10.6 Å². The lowest BCUT2D eigenvalue weighted by molar-refractivity contribution is 0.179. The van der Waals surface area contributed by atoms with E-state index >= 15 is 0 Å². The maximum atomic E-state index is 8.66. The van der Waals surface area contributed by atoms with Crippen molar-refractivity contribution in [2.75, 3.05) is 6.61 Å². The highest BCUT2D eigenvalue weighted by Gasteiger charge is 2.21. The van der Waals surface area contributed by atoms with Gasteiger partial charge in [0.1, 0.15) is 5.66 Å². The molecule has 3 heteroatoms. The number of aliphatic hydroxyl groups is 1. The van der Waals surface area contributed by atoms with Gasteiger partial charge in [0.25, 0.3) is 0 Å². The molecule has 3 nitrogen and oxygen atoms in total. The van der Waals surface area contributed by atoms with Crippen LogP contribution in [-0.2, 0) is 0 Å². The van der Waals surface area contributed by atoms with Crippen LogP contribution in [0.2, 0.25) is 0 Å². The lowest BCUT2D eigenvalue weighted by atomic mass is 10.2. The van der Waals surface area contributed by atoms with Crippen molar-refractivity contribution in [3.8, 4) is 0 Å². The molecular weight excluding hydrogens is 104 g/mol. The zero-order valence-corrected chi connectivity index (χ0v) is 4.81. The highest BCUT2D eigenvalue weighted by atomic mass is 16.3. The summed E-state index contributed by atoms with van der Waals surface area (Å²) >= 11 is 0. The predicted octanol–water partition coefficient (Wildman–Crippen LogP) is -0.641. The molecule has 0 fully saturated rings. The van der Waals surface area contributed by atoms with Gasteiger partial charge in [-0.2, -0.15) is 0 Å². The van der Waals surface area contributed by atoms with Crippen LogP contribution in [0.3, 0.4) is 0 Å². The minimum absolute atomic E-state index is 0.0972. The van der Waals surface area contributed by atoms with Gasteiger partial charge >= 0.3 is 0 Å². The molecule has 46 valence electrons. The van der Waals surface area contributed by atoms with E-state index in [2.05, 4.69) is 10.6 Å². The van der Waals surface area contributed by atoms with Crippen LogP contribution in [0.4, 0.5) is 0 Å². The molecule has 0 bridgehead atoms. The molecule has 0 atom stereocenters. The normalized spacial score (nSPS) is 22.2. The van der Waals surface area contributed by atoms with Crippen molar-refractivity contribution >= 4 is 0 Å². The van der Waals surface area contributed by atoms with Gasteiger partial charge < -0.3 is 15.7 Å². The van der Waals surface area contributed by atoms with Crippen LogP contribution in [0.15, 0.2) is 12.4 Å². The standard InChI is InChI=1S/C5H10N2O/c1-5(4-8)6-2-3-7-5/h2-3,6-8H,4H2,1H3. The molecule has 0 aromatic rings. The molecule has 0 amide bonds. The summed E-state index contributed by atoms with van der Waals surface area (Å²) < 4.78 is 0. The number of rotatable bonds is 1. The lowest BCUT2D eigenvalue weighted by Crippen LogP contribution is -2.48. The van der Waals surface area contributed by atoms with Crippen LogP contribution in [0.25, 0.3) is 0 Å². The minimum Gasteiger partial charge on any atom is -0.392 e. The molecule has 3 N–H and O–H groups in total. The monoisotopic (exact) mass is 114 g/mol. The van der Waals surface area contributed by atoms with Crippen molar-refractivity contribution in [2.24, 2.45) is 0 Å². The zero-order valence-electron chi connectivity index (χ0n) is 4.81. The summed E-state index contributed by atoms with van der Waals surface area (Å²) in [5, 5.41) is 14.5. The summed E-state index contributed by atoms with van der Waals surface area (Å²) in [5.41, 5.74) is -0.319. The summed E-state index contributed by atoms with van der Waals surface area (Å²) in [4.78, 5) is 0. The fraction of sp³-hybridized carbons (Fsp3) is 0.600. The largest absolute Gasteiger partial charge is 0.392 e. The van der Waals surface area contributed by atoms with Gasteiger partial charge in [-0.25, -0.2) is 0 Å². The molecule has 0 spiro atoms. The molecule has 0 unspecified atom stereocenters. The Labute approximate surface area is 48.4 Å². The van der Waals surface area contributed by atoms with Gasteiger partial charge in [0.2, 0.25) is 0 Å². The van der Waals surface area contributed by atoms with Gasteiger partial charge in [-0.1, -0.05) is 0 Å². The molecular formula is C5H10N2O. The van der Waals surface area contributed by atoms with Crippen molar-refractivity contribution in [1.82, 2.24) is 10.6 Å². The van der Waals surface area contributed by atoms with Crippen LogP contribution in [0.1, 0.15) is 6.92 Å². The fourth-order valence-corrected chi connectivity index (χ4v) is 0.584. The third-order valence-electron chi connectivity index (χ3n) is 1.20. The predicted molar refractivity (Wildman–Crippen MR) is 30.9 cm³/mol. The van der Waals surface area contributed by atoms with Crippen molar-refractivity contribution in [1.29, 1.82) is 0 Å². The third kappa shape index (κ3) is 0.767. The van der Waals surface area contributed by atoms with E-state index in [4.69, 9.17) is 5.11 Å². The van der Waals surface area contributed by atoms with Gasteiger partial charge in [-0.05, 0) is 6.92 Å². The quantitative estimate of drug-likeness (QED) is 0.425. The van der Waals surface area contributed by atoms with E-state index in [9.17, 15) is 0 Å². The van der Waals surface area contributed by atoms with E-state index in [-0.39, 0.29) is 12.3 Å². The van der Waals surface area contributed by atoms with Gasteiger partial charge in [-0.3, -0.25) is 0 Å². The van der Waals surface area contributed by atoms with Gasteiger partial charge in [0.05, 0.1) is 6.61 Å². The van der Waals surface area contributed by atoms with Crippen LogP contribution >= 0.6 is 0 Å². The Kier molecular flexibility index (Phi) is 1.13. The van der Waals surface area contributed by atoms with Crippen LogP contribution in [0, 0.1) is 0 Å². The lowest BCUT2D eigenvalue weighted by Gasteiger charge is -2.22. The Hall–Kier alpha value is -0.700. The first kappa shape index (κ1) is 5.44. The molecule has 0 aromatic carbocycles. The second-order valence-corrected chi connectivity index (χ2v) is 2.11. The molecule has 1 aliphatic rings. The van der Waals surface area contributed by atoms with Gasteiger partial charge in [-0.15, -0.1) is 0 Å². The highest BCUT2D eigenvalue weighted by Crippen LogP contribution is 2.00. The second kappa shape index (κ2) is 1.67. The maximum Gasteiger partial charge on any atom is 0.128 e. The fourth-order valence-electron chi connectivity index (χ4n) is 0.584. The van der Waals surface area contributed by atoms with E-state index < -0.39 is 0 Å². The molecule has 1 aliphatic heterocycles. The van der Waals surface area contributed by atoms with E-state index in [0.717, 1.165) is 0 Å². The summed E-state index contributed by atoms with van der Waals surface area (Å²) in [5.74, 6) is 0. The summed E-state index contributed by atoms with van der Waals surface area (Å²) in [7, 11) is 0. The smallest absolute Gasteiger partial charge is 0.128 e. The Morgan fingerprint density at radius 3 is 2.25 bits per heavy atom. The van der Waals surface area contributed by atoms with Gasteiger partial charge in [0.15, 0.2) is 0 Å². The van der Waals surface area contributed by atoms with Crippen molar-refractivity contribution in [2.45, 2.75) is 12.6 Å². The number of hydrogen-bond acceptors (Lipinski definition) is 3. The van der Waals surface area contributed by atoms with Gasteiger partial charge in [0, 0.05) is 12.4 Å². The molecule has 0 saturated carbocycles. The Balaban J connectivity index is 2.46. The van der Waals surface area contributed by atoms with E-state index in [1.54, 1.807) is 12.4 Å². The molecule has 1 heterocycles. The molecule has 1 rings (SSSR count). The molecule has 0 radical (unpaired) electrons. The maximum absolute atomic E-state index is 8.66. The molecule has 0 aromatic heterocycles. The summed E-state index contributed by atoms with van der Waals surface area (Å²) in [6.45, 7) is 1.98. The third-order valence-corrected chi connectivity index (χ3v) is 1.20. The minimum atomic E-state index is -0.319. The van der Waals surface area contributed by atoms with Crippen LogP contribution in [0.5, 0.6) is 0 Å². The van der Waals surface area contributed by atoms with Crippen molar-refractivity contribution < 1.29 is 5.11 Å². The topological polar surface area (TPSA) is 44.3 Å². The van der Waals surface area contributed by atoms with Crippen molar-refractivity contribution in [3.05, 3.63) is 12.4 Å². The Bertz CT molecular complexity index is 103. The van der Waals surface area contributed by atoms with E-state index in [1.807, 2.05) is 6.92 Å². The number of aliphatic hydroxyl groups excluding tert-OH is 1. The number of hydrogen-bond donors (Lipinski definition) is 3. The zero-order chi connectivity index (χ0) is 6.04. The van der Waals surface area contributed by atoms with Crippen molar-refractivity contribution in [3.63, 3.8) is 0 Å². The SMILES string of the molecule is CC1(CO)NC=CN1. The highest BCUT2D eigenvalue weighted by molar-refractivity contribution is 4.98. The second-order valence-electron chi connectivity index (χ2n) is 2.11. The van der Waals surface area contributed by atoms with E-state index in [0.29, 0.717) is 0 Å². The number of nitrogens with one attached hydrogen (secondary N) is 2. The first-order valence-electron chi connectivity index (χ1n) is 2.58. The first-order chi connectivity index (χ1) is 3.77. The first-order valence-corrected chi connectivity index (χ1v) is 2.58. The summed E-state index contributed by atoms with van der Waals surface area (Å²) in [6, 6.07) is 0. The average Bonchev–Trinajstić information content (AvgIpc) is 2.17. The van der Waals surface area contributed by atoms with Crippen LogP contribution in [-0.4, -0.2) is 17.4 Å². The molecule has 8 heavy (non-hydrogen) atoms.